The van der Waals surface area contributed by atoms with Crippen LogP contribution < -0.4 is 5.32 Å². The summed E-state index contributed by atoms with van der Waals surface area (Å²) in [6, 6.07) is 0. The molecule has 0 aromatic carbocycles. The molecule has 1 unspecified atom stereocenters. The Kier molecular flexibility index (Phi) is 5.82. The largest absolute Gasteiger partial charge is 0.396 e. The minimum absolute atomic E-state index is 0.333. The van der Waals surface area contributed by atoms with E-state index in [-0.39, 0.29) is 0 Å². The number of rotatable bonds is 6. The van der Waals surface area contributed by atoms with Crippen molar-refractivity contribution < 1.29 is 5.11 Å². The number of hydrogen-bond acceptors (Lipinski definition) is 3. The molecule has 1 saturated heterocycles. The van der Waals surface area contributed by atoms with Crippen LogP contribution in [0.2, 0.25) is 0 Å². The third kappa shape index (κ3) is 4.33. The topological polar surface area (TPSA) is 32.3 Å². The lowest BCUT2D eigenvalue weighted by Crippen LogP contribution is -2.24. The normalized spacial score (nSPS) is 23.2. The fourth-order valence-electron chi connectivity index (χ4n) is 1.43. The molecule has 0 bridgehead atoms. The van der Waals surface area contributed by atoms with Crippen LogP contribution in [-0.2, 0) is 0 Å². The molecule has 1 aliphatic heterocycles. The molecule has 12 heavy (non-hydrogen) atoms. The molecule has 2 N–H and O–H groups in total. The summed E-state index contributed by atoms with van der Waals surface area (Å²) >= 11 is 2.09. The van der Waals surface area contributed by atoms with E-state index in [1.54, 1.807) is 0 Å². The van der Waals surface area contributed by atoms with Gasteiger partial charge in [0.2, 0.25) is 0 Å². The number of thioether (sulfide) groups is 1. The molecule has 0 saturated carbocycles. The Morgan fingerprint density at radius 2 is 2.33 bits per heavy atom. The number of hydrogen-bond donors (Lipinski definition) is 2. The minimum Gasteiger partial charge on any atom is -0.396 e. The summed E-state index contributed by atoms with van der Waals surface area (Å²) in [6.45, 7) is 2.56. The van der Waals surface area contributed by atoms with Gasteiger partial charge in [-0.3, -0.25) is 0 Å². The van der Waals surface area contributed by atoms with E-state index in [4.69, 9.17) is 5.11 Å². The summed E-state index contributed by atoms with van der Waals surface area (Å²) in [4.78, 5) is 0. The molecule has 1 heterocycles. The first-order valence-corrected chi connectivity index (χ1v) is 5.91. The number of unbranched alkanes of at least 4 members (excludes halogenated alkanes) is 1. The molecular formula is C9H19NOS. The molecule has 0 aliphatic carbocycles. The summed E-state index contributed by atoms with van der Waals surface area (Å²) in [5.74, 6) is 1.35. The van der Waals surface area contributed by atoms with Gasteiger partial charge in [0.15, 0.2) is 0 Å². The van der Waals surface area contributed by atoms with E-state index >= 15 is 0 Å². The van der Waals surface area contributed by atoms with Crippen LogP contribution in [0.25, 0.3) is 0 Å². The SMILES string of the molecule is OCCCCNCC1CCCS1. The number of aliphatic hydroxyl groups is 1. The third-order valence-corrected chi connectivity index (χ3v) is 3.56. The zero-order chi connectivity index (χ0) is 8.65. The van der Waals surface area contributed by atoms with Crippen molar-refractivity contribution in [2.45, 2.75) is 30.9 Å². The van der Waals surface area contributed by atoms with Crippen LogP contribution in [-0.4, -0.2) is 35.8 Å². The van der Waals surface area contributed by atoms with Gasteiger partial charge in [0.25, 0.3) is 0 Å². The van der Waals surface area contributed by atoms with Crippen LogP contribution >= 0.6 is 11.8 Å². The van der Waals surface area contributed by atoms with Crippen LogP contribution in [0.1, 0.15) is 25.7 Å². The zero-order valence-corrected chi connectivity index (χ0v) is 8.41. The van der Waals surface area contributed by atoms with Crippen molar-refractivity contribution in [3.05, 3.63) is 0 Å². The van der Waals surface area contributed by atoms with E-state index < -0.39 is 0 Å². The molecular weight excluding hydrogens is 170 g/mol. The van der Waals surface area contributed by atoms with Crippen molar-refractivity contribution in [3.8, 4) is 0 Å². The molecule has 0 aromatic heterocycles. The molecule has 1 rings (SSSR count). The standard InChI is InChI=1S/C9H19NOS/c11-6-2-1-5-10-8-9-4-3-7-12-9/h9-11H,1-8H2. The molecule has 0 radical (unpaired) electrons. The predicted octanol–water partition coefficient (Wildman–Crippen LogP) is 1.24. The smallest absolute Gasteiger partial charge is 0.0431 e. The van der Waals surface area contributed by atoms with Crippen molar-refractivity contribution in [1.82, 2.24) is 5.32 Å². The van der Waals surface area contributed by atoms with Gasteiger partial charge in [0.05, 0.1) is 0 Å². The summed E-state index contributed by atoms with van der Waals surface area (Å²) in [5.41, 5.74) is 0. The maximum absolute atomic E-state index is 8.55. The Morgan fingerprint density at radius 1 is 1.42 bits per heavy atom. The lowest BCUT2D eigenvalue weighted by molar-refractivity contribution is 0.284. The van der Waals surface area contributed by atoms with Gasteiger partial charge in [-0.05, 0) is 38.0 Å². The molecule has 72 valence electrons. The summed E-state index contributed by atoms with van der Waals surface area (Å²) in [7, 11) is 0. The van der Waals surface area contributed by atoms with E-state index in [1.807, 2.05) is 0 Å². The van der Waals surface area contributed by atoms with Gasteiger partial charge in [0, 0.05) is 18.4 Å². The average molecular weight is 189 g/mol. The molecule has 0 aromatic rings. The van der Waals surface area contributed by atoms with Crippen molar-refractivity contribution in [2.75, 3.05) is 25.4 Å². The Labute approximate surface area is 79.1 Å². The quantitative estimate of drug-likeness (QED) is 0.617. The van der Waals surface area contributed by atoms with Gasteiger partial charge < -0.3 is 10.4 Å². The first kappa shape index (κ1) is 10.4. The fourth-order valence-corrected chi connectivity index (χ4v) is 2.67. The molecule has 0 spiro atoms. The summed E-state index contributed by atoms with van der Waals surface area (Å²) in [6.07, 6.45) is 4.82. The highest BCUT2D eigenvalue weighted by Gasteiger charge is 2.13. The molecule has 1 fully saturated rings. The molecule has 1 aliphatic rings. The van der Waals surface area contributed by atoms with Crippen molar-refractivity contribution in [3.63, 3.8) is 0 Å². The van der Waals surface area contributed by atoms with Crippen LogP contribution in [0.15, 0.2) is 0 Å². The second-order valence-corrected chi connectivity index (χ2v) is 4.68. The lowest BCUT2D eigenvalue weighted by atomic mass is 10.2. The lowest BCUT2D eigenvalue weighted by Gasteiger charge is -2.09. The van der Waals surface area contributed by atoms with Crippen molar-refractivity contribution >= 4 is 11.8 Å². The van der Waals surface area contributed by atoms with E-state index in [0.717, 1.165) is 31.2 Å². The van der Waals surface area contributed by atoms with Gasteiger partial charge in [0.1, 0.15) is 0 Å². The molecule has 0 amide bonds. The van der Waals surface area contributed by atoms with E-state index in [2.05, 4.69) is 17.1 Å². The van der Waals surface area contributed by atoms with E-state index in [1.165, 1.54) is 18.6 Å². The van der Waals surface area contributed by atoms with Crippen LogP contribution in [0.4, 0.5) is 0 Å². The summed E-state index contributed by atoms with van der Waals surface area (Å²) in [5, 5.41) is 12.8. The number of nitrogens with one attached hydrogen (secondary N) is 1. The monoisotopic (exact) mass is 189 g/mol. The first-order valence-electron chi connectivity index (χ1n) is 4.86. The van der Waals surface area contributed by atoms with Gasteiger partial charge in [-0.25, -0.2) is 0 Å². The Balaban J connectivity index is 1.81. The zero-order valence-electron chi connectivity index (χ0n) is 7.59. The van der Waals surface area contributed by atoms with Gasteiger partial charge in [-0.15, -0.1) is 0 Å². The second kappa shape index (κ2) is 6.75. The third-order valence-electron chi connectivity index (χ3n) is 2.16. The van der Waals surface area contributed by atoms with Gasteiger partial charge in [-0.2, -0.15) is 11.8 Å². The number of aliphatic hydroxyl groups excluding tert-OH is 1. The Bertz CT molecular complexity index is 105. The fraction of sp³-hybridized carbons (Fsp3) is 1.00. The second-order valence-electron chi connectivity index (χ2n) is 3.27. The highest BCUT2D eigenvalue weighted by molar-refractivity contribution is 8.00. The summed E-state index contributed by atoms with van der Waals surface area (Å²) < 4.78 is 0. The maximum Gasteiger partial charge on any atom is 0.0431 e. The van der Waals surface area contributed by atoms with Crippen molar-refractivity contribution in [1.29, 1.82) is 0 Å². The predicted molar refractivity (Wildman–Crippen MR) is 54.7 cm³/mol. The Hall–Kier alpha value is 0.270. The van der Waals surface area contributed by atoms with Crippen LogP contribution in [0, 0.1) is 0 Å². The van der Waals surface area contributed by atoms with Crippen LogP contribution in [0.3, 0.4) is 0 Å². The molecule has 1 atom stereocenters. The first-order chi connectivity index (χ1) is 5.93. The van der Waals surface area contributed by atoms with Crippen molar-refractivity contribution in [2.24, 2.45) is 0 Å². The van der Waals surface area contributed by atoms with Gasteiger partial charge in [-0.1, -0.05) is 0 Å². The highest BCUT2D eigenvalue weighted by Crippen LogP contribution is 2.25. The maximum atomic E-state index is 8.55. The minimum atomic E-state index is 0.333. The van der Waals surface area contributed by atoms with Gasteiger partial charge >= 0.3 is 0 Å². The highest BCUT2D eigenvalue weighted by atomic mass is 32.2. The average Bonchev–Trinajstić information content (AvgIpc) is 2.57. The molecule has 2 nitrogen and oxygen atoms in total. The Morgan fingerprint density at radius 3 is 3.00 bits per heavy atom. The molecule has 3 heteroatoms. The van der Waals surface area contributed by atoms with Crippen LogP contribution in [0.5, 0.6) is 0 Å². The van der Waals surface area contributed by atoms with E-state index in [0.29, 0.717) is 6.61 Å². The van der Waals surface area contributed by atoms with E-state index in [9.17, 15) is 0 Å².